The molecule has 8 heteroatoms. The quantitative estimate of drug-likeness (QED) is 0.575. The SMILES string of the molecule is Cc1cc(-c2n[nH]c(=S)n2N=Cc2cccc(Cl)c2)n[nH]1. The van der Waals surface area contributed by atoms with Crippen LogP contribution in [-0.4, -0.2) is 31.3 Å². The van der Waals surface area contributed by atoms with E-state index in [-0.39, 0.29) is 0 Å². The fraction of sp³-hybridized carbons (Fsp3) is 0.0769. The monoisotopic (exact) mass is 318 g/mol. The Labute approximate surface area is 130 Å². The summed E-state index contributed by atoms with van der Waals surface area (Å²) in [6, 6.07) is 9.25. The van der Waals surface area contributed by atoms with Crippen molar-refractivity contribution in [2.75, 3.05) is 0 Å². The van der Waals surface area contributed by atoms with Gasteiger partial charge in [0, 0.05) is 10.7 Å². The first-order valence-electron chi connectivity index (χ1n) is 6.13. The molecule has 6 nitrogen and oxygen atoms in total. The Balaban J connectivity index is 1.99. The number of aryl methyl sites for hydroxylation is 1. The Morgan fingerprint density at radius 3 is 2.86 bits per heavy atom. The van der Waals surface area contributed by atoms with E-state index in [2.05, 4.69) is 25.5 Å². The van der Waals surface area contributed by atoms with Crippen LogP contribution in [0.25, 0.3) is 11.5 Å². The van der Waals surface area contributed by atoms with Gasteiger partial charge in [0.25, 0.3) is 0 Å². The highest BCUT2D eigenvalue weighted by atomic mass is 35.5. The van der Waals surface area contributed by atoms with Gasteiger partial charge in [0.2, 0.25) is 10.6 Å². The molecule has 0 saturated heterocycles. The van der Waals surface area contributed by atoms with Crippen molar-refractivity contribution in [2.24, 2.45) is 5.10 Å². The van der Waals surface area contributed by atoms with Gasteiger partial charge in [-0.15, -0.1) is 0 Å². The Morgan fingerprint density at radius 1 is 1.29 bits per heavy atom. The van der Waals surface area contributed by atoms with Crippen LogP contribution in [0.15, 0.2) is 35.4 Å². The molecule has 21 heavy (non-hydrogen) atoms. The van der Waals surface area contributed by atoms with E-state index < -0.39 is 0 Å². The van der Waals surface area contributed by atoms with Gasteiger partial charge >= 0.3 is 0 Å². The fourth-order valence-corrected chi connectivity index (χ4v) is 2.19. The molecule has 0 bridgehead atoms. The summed E-state index contributed by atoms with van der Waals surface area (Å²) in [4.78, 5) is 0. The molecule has 1 aromatic carbocycles. The molecule has 0 unspecified atom stereocenters. The van der Waals surface area contributed by atoms with E-state index in [1.165, 1.54) is 4.68 Å². The number of hydrogen-bond donors (Lipinski definition) is 2. The van der Waals surface area contributed by atoms with E-state index in [1.54, 1.807) is 12.3 Å². The lowest BCUT2D eigenvalue weighted by molar-refractivity contribution is 0.865. The van der Waals surface area contributed by atoms with Crippen LogP contribution in [0.5, 0.6) is 0 Å². The minimum atomic E-state index is 0.393. The third kappa shape index (κ3) is 2.93. The topological polar surface area (TPSA) is 74.7 Å². The zero-order chi connectivity index (χ0) is 14.8. The average Bonchev–Trinajstić information content (AvgIpc) is 3.03. The van der Waals surface area contributed by atoms with Crippen LogP contribution in [-0.2, 0) is 0 Å². The lowest BCUT2D eigenvalue weighted by Crippen LogP contribution is -1.95. The van der Waals surface area contributed by atoms with E-state index in [4.69, 9.17) is 23.8 Å². The second-order valence-electron chi connectivity index (χ2n) is 4.40. The zero-order valence-electron chi connectivity index (χ0n) is 11.0. The molecule has 0 atom stereocenters. The summed E-state index contributed by atoms with van der Waals surface area (Å²) in [5.41, 5.74) is 2.47. The molecule has 2 heterocycles. The van der Waals surface area contributed by atoms with E-state index in [0.717, 1.165) is 11.3 Å². The lowest BCUT2D eigenvalue weighted by Gasteiger charge is -1.97. The van der Waals surface area contributed by atoms with E-state index in [9.17, 15) is 0 Å². The fourth-order valence-electron chi connectivity index (χ4n) is 1.81. The molecule has 106 valence electrons. The normalized spacial score (nSPS) is 11.3. The highest BCUT2D eigenvalue weighted by Crippen LogP contribution is 2.15. The number of H-pyrrole nitrogens is 2. The first-order valence-corrected chi connectivity index (χ1v) is 6.92. The minimum absolute atomic E-state index is 0.393. The van der Waals surface area contributed by atoms with Gasteiger partial charge in [-0.1, -0.05) is 23.7 Å². The summed E-state index contributed by atoms with van der Waals surface area (Å²) < 4.78 is 1.91. The highest BCUT2D eigenvalue weighted by molar-refractivity contribution is 7.71. The van der Waals surface area contributed by atoms with Crippen LogP contribution in [0.4, 0.5) is 0 Å². The molecular formula is C13H11ClN6S. The largest absolute Gasteiger partial charge is 0.282 e. The van der Waals surface area contributed by atoms with Crippen LogP contribution in [0.3, 0.4) is 0 Å². The summed E-state index contributed by atoms with van der Waals surface area (Å²) in [6.45, 7) is 1.91. The molecule has 0 saturated carbocycles. The third-order valence-electron chi connectivity index (χ3n) is 2.76. The zero-order valence-corrected chi connectivity index (χ0v) is 12.6. The van der Waals surface area contributed by atoms with Gasteiger partial charge in [0.05, 0.1) is 6.21 Å². The average molecular weight is 319 g/mol. The Hall–Kier alpha value is -2.25. The molecular weight excluding hydrogens is 308 g/mol. The number of nitrogens with one attached hydrogen (secondary N) is 2. The number of rotatable bonds is 3. The van der Waals surface area contributed by atoms with Crippen molar-refractivity contribution in [1.29, 1.82) is 0 Å². The third-order valence-corrected chi connectivity index (χ3v) is 3.26. The molecule has 0 spiro atoms. The Kier molecular flexibility index (Phi) is 3.68. The first-order chi connectivity index (χ1) is 10.1. The maximum Gasteiger partial charge on any atom is 0.216 e. The van der Waals surface area contributed by atoms with Crippen LogP contribution >= 0.6 is 23.8 Å². The number of hydrogen-bond acceptors (Lipinski definition) is 4. The first kappa shape index (κ1) is 13.7. The van der Waals surface area contributed by atoms with Crippen LogP contribution in [0.2, 0.25) is 5.02 Å². The van der Waals surface area contributed by atoms with Crippen molar-refractivity contribution >= 4 is 30.0 Å². The van der Waals surface area contributed by atoms with Crippen molar-refractivity contribution < 1.29 is 0 Å². The molecule has 3 aromatic rings. The summed E-state index contributed by atoms with van der Waals surface area (Å²) >= 11 is 11.1. The summed E-state index contributed by atoms with van der Waals surface area (Å²) in [7, 11) is 0. The predicted octanol–water partition coefficient (Wildman–Crippen LogP) is 3.17. The number of halogens is 1. The molecule has 0 amide bonds. The molecule has 2 aromatic heterocycles. The smallest absolute Gasteiger partial charge is 0.216 e. The predicted molar refractivity (Wildman–Crippen MR) is 84.2 cm³/mol. The molecule has 0 aliphatic heterocycles. The van der Waals surface area contributed by atoms with Gasteiger partial charge in [-0.2, -0.15) is 20.0 Å². The van der Waals surface area contributed by atoms with Gasteiger partial charge in [-0.25, -0.2) is 5.10 Å². The second kappa shape index (κ2) is 5.63. The van der Waals surface area contributed by atoms with Gasteiger partial charge in [0.15, 0.2) is 0 Å². The molecule has 0 aliphatic rings. The van der Waals surface area contributed by atoms with E-state index >= 15 is 0 Å². The number of benzene rings is 1. The number of nitrogens with zero attached hydrogens (tertiary/aromatic N) is 4. The molecule has 0 aliphatic carbocycles. The number of aromatic amines is 2. The minimum Gasteiger partial charge on any atom is -0.282 e. The van der Waals surface area contributed by atoms with Crippen LogP contribution < -0.4 is 0 Å². The van der Waals surface area contributed by atoms with Crippen molar-refractivity contribution in [3.8, 4) is 11.5 Å². The van der Waals surface area contributed by atoms with Crippen LogP contribution in [0, 0.1) is 11.7 Å². The van der Waals surface area contributed by atoms with Crippen molar-refractivity contribution in [3.63, 3.8) is 0 Å². The van der Waals surface area contributed by atoms with Crippen molar-refractivity contribution in [3.05, 3.63) is 51.4 Å². The van der Waals surface area contributed by atoms with Gasteiger partial charge in [0.1, 0.15) is 5.69 Å². The van der Waals surface area contributed by atoms with Gasteiger partial charge in [-0.05, 0) is 42.9 Å². The second-order valence-corrected chi connectivity index (χ2v) is 5.22. The number of aromatic nitrogens is 5. The summed E-state index contributed by atoms with van der Waals surface area (Å²) in [5, 5.41) is 18.9. The molecule has 2 N–H and O–H groups in total. The Bertz CT molecular complexity index is 859. The standard InChI is InChI=1S/C13H11ClN6S/c1-8-5-11(17-16-8)12-18-19-13(21)20(12)15-7-9-3-2-4-10(14)6-9/h2-7H,1H3,(H,16,17)(H,19,21). The molecule has 0 fully saturated rings. The summed E-state index contributed by atoms with van der Waals surface area (Å²) in [5.74, 6) is 0.544. The van der Waals surface area contributed by atoms with E-state index in [1.807, 2.05) is 31.2 Å². The van der Waals surface area contributed by atoms with Crippen molar-refractivity contribution in [2.45, 2.75) is 6.92 Å². The Morgan fingerprint density at radius 2 is 2.14 bits per heavy atom. The molecule has 0 radical (unpaired) electrons. The highest BCUT2D eigenvalue weighted by Gasteiger charge is 2.10. The van der Waals surface area contributed by atoms with Crippen molar-refractivity contribution in [1.82, 2.24) is 25.1 Å². The van der Waals surface area contributed by atoms with Crippen LogP contribution in [0.1, 0.15) is 11.3 Å². The molecule has 3 rings (SSSR count). The maximum absolute atomic E-state index is 5.94. The summed E-state index contributed by atoms with van der Waals surface area (Å²) in [6.07, 6.45) is 1.67. The van der Waals surface area contributed by atoms with Gasteiger partial charge < -0.3 is 0 Å². The van der Waals surface area contributed by atoms with Gasteiger partial charge in [-0.3, -0.25) is 5.10 Å². The maximum atomic E-state index is 5.94. The van der Waals surface area contributed by atoms with E-state index in [0.29, 0.717) is 21.3 Å². The lowest BCUT2D eigenvalue weighted by atomic mass is 10.2.